The molecular weight excluding hydrogens is 428 g/mol. The molecule has 1 unspecified atom stereocenters. The first-order valence-corrected chi connectivity index (χ1v) is 11.1. The third-order valence-corrected chi connectivity index (χ3v) is 5.71. The smallest absolute Gasteiger partial charge is 0.151 e. The van der Waals surface area contributed by atoms with Crippen LogP contribution in [0.2, 0.25) is 0 Å². The predicted octanol–water partition coefficient (Wildman–Crippen LogP) is 4.14. The van der Waals surface area contributed by atoms with Crippen molar-refractivity contribution in [1.82, 2.24) is 0 Å². The van der Waals surface area contributed by atoms with Crippen molar-refractivity contribution >= 4 is 17.9 Å². The van der Waals surface area contributed by atoms with Crippen LogP contribution < -0.4 is 14.8 Å². The Bertz CT molecular complexity index is 806. The van der Waals surface area contributed by atoms with Crippen molar-refractivity contribution in [2.45, 2.75) is 38.8 Å². The maximum atomic E-state index is 9.85. The molecule has 1 fully saturated rings. The SMILES string of the molecule is C.COOSN(C)c1cc(COCC(N)(CO)Cc2ccccc2)cc(OCC2CC2)c1. The summed E-state index contributed by atoms with van der Waals surface area (Å²) in [5, 5.41) is 9.85. The van der Waals surface area contributed by atoms with E-state index >= 15 is 0 Å². The van der Waals surface area contributed by atoms with Gasteiger partial charge in [-0.25, -0.2) is 4.89 Å². The van der Waals surface area contributed by atoms with Crippen LogP contribution in [0.15, 0.2) is 48.5 Å². The van der Waals surface area contributed by atoms with E-state index in [0.29, 0.717) is 18.9 Å². The lowest BCUT2D eigenvalue weighted by Crippen LogP contribution is -2.50. The maximum absolute atomic E-state index is 9.85. The number of anilines is 1. The lowest BCUT2D eigenvalue weighted by atomic mass is 9.93. The summed E-state index contributed by atoms with van der Waals surface area (Å²) >= 11 is 1.08. The molecule has 8 heteroatoms. The Morgan fingerprint density at radius 2 is 1.91 bits per heavy atom. The van der Waals surface area contributed by atoms with Crippen molar-refractivity contribution in [1.29, 1.82) is 0 Å². The van der Waals surface area contributed by atoms with E-state index in [4.69, 9.17) is 19.5 Å². The largest absolute Gasteiger partial charge is 0.493 e. The van der Waals surface area contributed by atoms with Crippen molar-refractivity contribution in [3.63, 3.8) is 0 Å². The number of aliphatic hydroxyl groups excluding tert-OH is 1. The fourth-order valence-electron chi connectivity index (χ4n) is 3.14. The summed E-state index contributed by atoms with van der Waals surface area (Å²) in [5.74, 6) is 1.45. The Labute approximate surface area is 196 Å². The summed E-state index contributed by atoms with van der Waals surface area (Å²) in [6.45, 7) is 1.15. The van der Waals surface area contributed by atoms with E-state index in [1.165, 1.54) is 20.0 Å². The average molecular weight is 465 g/mol. The van der Waals surface area contributed by atoms with Gasteiger partial charge >= 0.3 is 0 Å². The van der Waals surface area contributed by atoms with Crippen LogP contribution in [0, 0.1) is 5.92 Å². The number of ether oxygens (including phenoxy) is 2. The van der Waals surface area contributed by atoms with E-state index < -0.39 is 5.54 Å². The standard InChI is InChI=1S/C23H32N2O5S.CH4/c1-25(31-30-27-2)21-10-20(11-22(12-21)29-15-19-8-9-19)14-28-17-23(24,16-26)13-18-6-4-3-5-7-18;/h3-7,10-12,19,26H,8-9,13-17,24H2,1-2H3;1H4. The zero-order valence-electron chi connectivity index (χ0n) is 18.2. The minimum absolute atomic E-state index is 0. The highest BCUT2D eigenvalue weighted by atomic mass is 32.2. The van der Waals surface area contributed by atoms with E-state index in [0.717, 1.165) is 41.4 Å². The first-order chi connectivity index (χ1) is 15.0. The molecule has 0 bridgehead atoms. The Morgan fingerprint density at radius 1 is 1.16 bits per heavy atom. The number of hydrogen-bond donors (Lipinski definition) is 2. The van der Waals surface area contributed by atoms with Gasteiger partial charge in [-0.3, -0.25) is 4.31 Å². The van der Waals surface area contributed by atoms with Crippen molar-refractivity contribution in [2.75, 3.05) is 38.3 Å². The number of nitrogens with two attached hydrogens (primary N) is 1. The summed E-state index contributed by atoms with van der Waals surface area (Å²) in [4.78, 5) is 4.67. The molecule has 1 aliphatic carbocycles. The van der Waals surface area contributed by atoms with Crippen LogP contribution in [0.1, 0.15) is 31.4 Å². The summed E-state index contributed by atoms with van der Waals surface area (Å²) in [5.41, 5.74) is 8.48. The Kier molecular flexibility index (Phi) is 10.8. The zero-order chi connectivity index (χ0) is 22.1. The van der Waals surface area contributed by atoms with Crippen molar-refractivity contribution < 1.29 is 23.8 Å². The highest BCUT2D eigenvalue weighted by Gasteiger charge is 2.25. The van der Waals surface area contributed by atoms with Gasteiger partial charge in [-0.1, -0.05) is 37.8 Å². The average Bonchev–Trinajstić information content (AvgIpc) is 3.61. The lowest BCUT2D eigenvalue weighted by molar-refractivity contribution is -0.160. The molecule has 3 rings (SSSR count). The van der Waals surface area contributed by atoms with Gasteiger partial charge in [-0.15, -0.1) is 4.33 Å². The first kappa shape index (κ1) is 26.4. The lowest BCUT2D eigenvalue weighted by Gasteiger charge is -2.27. The van der Waals surface area contributed by atoms with Gasteiger partial charge in [0, 0.05) is 13.1 Å². The molecular formula is C24H36N2O5S. The van der Waals surface area contributed by atoms with Crippen LogP contribution in [0.4, 0.5) is 5.69 Å². The number of hydrogen-bond acceptors (Lipinski definition) is 8. The zero-order valence-corrected chi connectivity index (χ0v) is 19.0. The molecule has 2 aromatic carbocycles. The van der Waals surface area contributed by atoms with E-state index in [1.807, 2.05) is 59.9 Å². The second kappa shape index (κ2) is 13.0. The number of aliphatic hydroxyl groups is 1. The molecule has 0 spiro atoms. The van der Waals surface area contributed by atoms with Gasteiger partial charge in [-0.2, -0.15) is 0 Å². The molecule has 7 nitrogen and oxygen atoms in total. The van der Waals surface area contributed by atoms with Crippen LogP contribution in [0.5, 0.6) is 5.75 Å². The second-order valence-electron chi connectivity index (χ2n) is 8.07. The number of benzene rings is 2. The third kappa shape index (κ3) is 8.61. The van der Waals surface area contributed by atoms with E-state index in [2.05, 4.69) is 4.89 Å². The molecule has 1 saturated carbocycles. The van der Waals surface area contributed by atoms with Crippen LogP contribution in [0.3, 0.4) is 0 Å². The van der Waals surface area contributed by atoms with Crippen molar-refractivity contribution in [2.24, 2.45) is 11.7 Å². The molecule has 0 aromatic heterocycles. The van der Waals surface area contributed by atoms with Gasteiger partial charge in [-0.05, 0) is 48.4 Å². The quantitative estimate of drug-likeness (QED) is 0.187. The fraction of sp³-hybridized carbons (Fsp3) is 0.500. The molecule has 3 N–H and O–H groups in total. The Balaban J connectivity index is 0.00000363. The molecule has 1 aliphatic rings. The van der Waals surface area contributed by atoms with Gasteiger partial charge in [0.25, 0.3) is 0 Å². The topological polar surface area (TPSA) is 86.4 Å². The molecule has 2 aromatic rings. The molecule has 0 saturated heterocycles. The minimum atomic E-state index is -0.844. The Morgan fingerprint density at radius 3 is 2.56 bits per heavy atom. The van der Waals surface area contributed by atoms with Crippen LogP contribution in [0.25, 0.3) is 0 Å². The van der Waals surface area contributed by atoms with Gasteiger partial charge in [0.05, 0.1) is 44.8 Å². The van der Waals surface area contributed by atoms with Crippen LogP contribution in [-0.2, 0) is 27.0 Å². The normalized spacial score (nSPS) is 15.0. The van der Waals surface area contributed by atoms with Crippen molar-refractivity contribution in [3.05, 3.63) is 59.7 Å². The first-order valence-electron chi connectivity index (χ1n) is 10.4. The van der Waals surface area contributed by atoms with Crippen LogP contribution >= 0.6 is 12.2 Å². The minimum Gasteiger partial charge on any atom is -0.493 e. The molecule has 1 atom stereocenters. The summed E-state index contributed by atoms with van der Waals surface area (Å²) in [6, 6.07) is 15.8. The van der Waals surface area contributed by atoms with Crippen molar-refractivity contribution in [3.8, 4) is 5.75 Å². The van der Waals surface area contributed by atoms with Gasteiger partial charge in [0.2, 0.25) is 0 Å². The highest BCUT2D eigenvalue weighted by molar-refractivity contribution is 7.95. The molecule has 32 heavy (non-hydrogen) atoms. The van der Waals surface area contributed by atoms with E-state index in [1.54, 1.807) is 0 Å². The van der Waals surface area contributed by atoms with Crippen LogP contribution in [-0.4, -0.2) is 44.6 Å². The molecule has 0 radical (unpaired) electrons. The van der Waals surface area contributed by atoms with Gasteiger partial charge in [0.1, 0.15) is 5.75 Å². The second-order valence-corrected chi connectivity index (χ2v) is 8.90. The van der Waals surface area contributed by atoms with E-state index in [-0.39, 0.29) is 20.6 Å². The van der Waals surface area contributed by atoms with Gasteiger partial charge in [0.15, 0.2) is 12.2 Å². The molecule has 0 amide bonds. The summed E-state index contributed by atoms with van der Waals surface area (Å²) in [6.07, 6.45) is 3.00. The maximum Gasteiger partial charge on any atom is 0.151 e. The number of rotatable bonds is 14. The molecule has 0 heterocycles. The summed E-state index contributed by atoms with van der Waals surface area (Å²) < 4.78 is 18.7. The fourth-order valence-corrected chi connectivity index (χ4v) is 3.48. The highest BCUT2D eigenvalue weighted by Crippen LogP contribution is 2.32. The van der Waals surface area contributed by atoms with Gasteiger partial charge < -0.3 is 20.3 Å². The Hall–Kier alpha value is -1.81. The third-order valence-electron chi connectivity index (χ3n) is 5.08. The number of nitrogens with zero attached hydrogens (tertiary/aromatic N) is 1. The molecule has 178 valence electrons. The van der Waals surface area contributed by atoms with E-state index in [9.17, 15) is 5.11 Å². The summed E-state index contributed by atoms with van der Waals surface area (Å²) in [7, 11) is 3.34. The molecule has 0 aliphatic heterocycles. The monoisotopic (exact) mass is 464 g/mol. The predicted molar refractivity (Wildman–Crippen MR) is 129 cm³/mol.